The van der Waals surface area contributed by atoms with E-state index in [1.54, 1.807) is 32.9 Å². The molecule has 0 unspecified atom stereocenters. The maximum atomic E-state index is 12.5. The fourth-order valence-corrected chi connectivity index (χ4v) is 2.57. The topological polar surface area (TPSA) is 81.7 Å². The summed E-state index contributed by atoms with van der Waals surface area (Å²) in [5.74, 6) is -1.78. The zero-order valence-electron chi connectivity index (χ0n) is 16.5. The number of hydrogen-bond donors (Lipinski definition) is 1. The molecule has 0 aliphatic heterocycles. The van der Waals surface area contributed by atoms with E-state index < -0.39 is 29.5 Å². The Morgan fingerprint density at radius 1 is 0.929 bits per heavy atom. The van der Waals surface area contributed by atoms with Gasteiger partial charge in [-0.15, -0.1) is 0 Å². The van der Waals surface area contributed by atoms with Crippen molar-refractivity contribution in [2.24, 2.45) is 0 Å². The van der Waals surface area contributed by atoms with Crippen LogP contribution in [-0.2, 0) is 19.1 Å². The smallest absolute Gasteiger partial charge is 0.328 e. The third-order valence-electron chi connectivity index (χ3n) is 3.84. The van der Waals surface area contributed by atoms with Gasteiger partial charge in [0, 0.05) is 5.56 Å². The van der Waals surface area contributed by atoms with Crippen LogP contribution in [0.4, 0.5) is 0 Å². The molecule has 2 rings (SSSR count). The lowest BCUT2D eigenvalue weighted by Gasteiger charge is -2.22. The molecule has 6 heteroatoms. The second kappa shape index (κ2) is 9.17. The van der Waals surface area contributed by atoms with Gasteiger partial charge in [0.2, 0.25) is 0 Å². The van der Waals surface area contributed by atoms with Crippen LogP contribution in [0.25, 0.3) is 11.1 Å². The molecule has 0 radical (unpaired) electrons. The van der Waals surface area contributed by atoms with Crippen LogP contribution in [0, 0.1) is 0 Å². The molecule has 1 atom stereocenters. The Kier molecular flexibility index (Phi) is 6.93. The molecule has 1 N–H and O–H groups in total. The van der Waals surface area contributed by atoms with Gasteiger partial charge in [-0.2, -0.15) is 0 Å². The number of rotatable bonds is 6. The first-order valence-electron chi connectivity index (χ1n) is 8.95. The zero-order valence-corrected chi connectivity index (χ0v) is 16.5. The first-order chi connectivity index (χ1) is 13.2. The van der Waals surface area contributed by atoms with Crippen LogP contribution in [0.5, 0.6) is 0 Å². The summed E-state index contributed by atoms with van der Waals surface area (Å²) < 4.78 is 9.91. The lowest BCUT2D eigenvalue weighted by molar-refractivity contribution is -0.158. The highest BCUT2D eigenvalue weighted by molar-refractivity contribution is 5.98. The van der Waals surface area contributed by atoms with E-state index >= 15 is 0 Å². The number of hydrogen-bond acceptors (Lipinski definition) is 5. The third-order valence-corrected chi connectivity index (χ3v) is 3.84. The lowest BCUT2D eigenvalue weighted by Crippen LogP contribution is -2.43. The third kappa shape index (κ3) is 6.23. The minimum Gasteiger partial charge on any atom is -0.467 e. The second-order valence-corrected chi connectivity index (χ2v) is 7.28. The van der Waals surface area contributed by atoms with Gasteiger partial charge in [-0.3, -0.25) is 9.59 Å². The van der Waals surface area contributed by atoms with Gasteiger partial charge in [0.15, 0.2) is 0 Å². The quantitative estimate of drug-likeness (QED) is 0.774. The number of carbonyl (C=O) groups is 3. The van der Waals surface area contributed by atoms with E-state index in [0.717, 1.165) is 11.1 Å². The van der Waals surface area contributed by atoms with E-state index in [4.69, 9.17) is 9.47 Å². The molecule has 0 fully saturated rings. The van der Waals surface area contributed by atoms with Gasteiger partial charge in [-0.1, -0.05) is 42.5 Å². The molecule has 0 aliphatic carbocycles. The minimum absolute atomic E-state index is 0.308. The molecule has 6 nitrogen and oxygen atoms in total. The maximum Gasteiger partial charge on any atom is 0.328 e. The van der Waals surface area contributed by atoms with Gasteiger partial charge in [-0.05, 0) is 44.0 Å². The van der Waals surface area contributed by atoms with Crippen molar-refractivity contribution >= 4 is 17.8 Å². The summed E-state index contributed by atoms with van der Waals surface area (Å²) in [7, 11) is 1.20. The molecular formula is C22H25NO5. The van der Waals surface area contributed by atoms with Crippen LogP contribution >= 0.6 is 0 Å². The second-order valence-electron chi connectivity index (χ2n) is 7.28. The van der Waals surface area contributed by atoms with Crippen molar-refractivity contribution in [2.45, 2.75) is 38.8 Å². The maximum absolute atomic E-state index is 12.5. The van der Waals surface area contributed by atoms with Crippen LogP contribution in [0.2, 0.25) is 0 Å². The number of benzene rings is 2. The van der Waals surface area contributed by atoms with Crippen molar-refractivity contribution in [1.29, 1.82) is 0 Å². The number of methoxy groups -OCH3 is 1. The number of nitrogens with one attached hydrogen (secondary N) is 1. The molecule has 28 heavy (non-hydrogen) atoms. The Morgan fingerprint density at radius 2 is 1.50 bits per heavy atom. The Bertz CT molecular complexity index is 822. The average molecular weight is 383 g/mol. The van der Waals surface area contributed by atoms with E-state index in [1.807, 2.05) is 42.5 Å². The molecule has 0 saturated carbocycles. The van der Waals surface area contributed by atoms with Gasteiger partial charge in [0.1, 0.15) is 11.6 Å². The first-order valence-corrected chi connectivity index (χ1v) is 8.95. The fourth-order valence-electron chi connectivity index (χ4n) is 2.57. The van der Waals surface area contributed by atoms with Crippen molar-refractivity contribution in [1.82, 2.24) is 5.32 Å². The first kappa shape index (κ1) is 21.2. The Morgan fingerprint density at radius 3 is 2.04 bits per heavy atom. The van der Waals surface area contributed by atoms with E-state index in [9.17, 15) is 14.4 Å². The van der Waals surface area contributed by atoms with Gasteiger partial charge >= 0.3 is 11.9 Å². The van der Waals surface area contributed by atoms with Crippen LogP contribution in [0.3, 0.4) is 0 Å². The molecule has 0 spiro atoms. The van der Waals surface area contributed by atoms with Crippen molar-refractivity contribution in [3.8, 4) is 11.1 Å². The van der Waals surface area contributed by atoms with Gasteiger partial charge in [0.05, 0.1) is 13.5 Å². The summed E-state index contributed by atoms with van der Waals surface area (Å²) in [6.45, 7) is 5.18. The Balaban J connectivity index is 2.08. The molecule has 148 valence electrons. The standard InChI is InChI=1S/C22H25NO5/c1-22(2,3)28-19(24)14-18(21(26)27-4)23-20(25)17-12-10-16(11-13-17)15-8-6-5-7-9-15/h5-13,18H,14H2,1-4H3,(H,23,25)/t18-/m0/s1. The number of esters is 2. The summed E-state index contributed by atoms with van der Waals surface area (Å²) in [6, 6.07) is 15.6. The highest BCUT2D eigenvalue weighted by atomic mass is 16.6. The molecule has 0 aromatic heterocycles. The number of amides is 1. The summed E-state index contributed by atoms with van der Waals surface area (Å²) >= 11 is 0. The lowest BCUT2D eigenvalue weighted by atomic mass is 10.0. The number of ether oxygens (including phenoxy) is 2. The Labute approximate surface area is 164 Å². The molecule has 0 aliphatic rings. The Hall–Kier alpha value is -3.15. The summed E-state index contributed by atoms with van der Waals surface area (Å²) in [6.07, 6.45) is -0.308. The van der Waals surface area contributed by atoms with Crippen molar-refractivity contribution < 1.29 is 23.9 Å². The summed E-state index contributed by atoms with van der Waals surface area (Å²) in [5, 5.41) is 2.55. The highest BCUT2D eigenvalue weighted by Crippen LogP contribution is 2.19. The van der Waals surface area contributed by atoms with Gasteiger partial charge in [-0.25, -0.2) is 4.79 Å². The SMILES string of the molecule is COC(=O)[C@H](CC(=O)OC(C)(C)C)NC(=O)c1ccc(-c2ccccc2)cc1. The monoisotopic (exact) mass is 383 g/mol. The van der Waals surface area contributed by atoms with Crippen molar-refractivity contribution in [3.63, 3.8) is 0 Å². The van der Waals surface area contributed by atoms with Gasteiger partial charge in [0.25, 0.3) is 5.91 Å². The zero-order chi connectivity index (χ0) is 20.7. The van der Waals surface area contributed by atoms with E-state index in [0.29, 0.717) is 5.56 Å². The van der Waals surface area contributed by atoms with Gasteiger partial charge < -0.3 is 14.8 Å². The molecule has 2 aromatic rings. The predicted molar refractivity (Wildman–Crippen MR) is 106 cm³/mol. The van der Waals surface area contributed by atoms with Crippen LogP contribution in [0.15, 0.2) is 54.6 Å². The summed E-state index contributed by atoms with van der Waals surface area (Å²) in [4.78, 5) is 36.5. The van der Waals surface area contributed by atoms with E-state index in [2.05, 4.69) is 5.32 Å². The van der Waals surface area contributed by atoms with Crippen molar-refractivity contribution in [3.05, 3.63) is 60.2 Å². The highest BCUT2D eigenvalue weighted by Gasteiger charge is 2.28. The van der Waals surface area contributed by atoms with E-state index in [1.165, 1.54) is 7.11 Å². The molecular weight excluding hydrogens is 358 g/mol. The van der Waals surface area contributed by atoms with Crippen molar-refractivity contribution in [2.75, 3.05) is 7.11 Å². The fraction of sp³-hybridized carbons (Fsp3) is 0.318. The predicted octanol–water partition coefficient (Wildman–Crippen LogP) is 3.36. The van der Waals surface area contributed by atoms with Crippen LogP contribution in [-0.4, -0.2) is 36.6 Å². The minimum atomic E-state index is -1.12. The normalized spacial score (nSPS) is 12.0. The van der Waals surface area contributed by atoms with Crippen LogP contribution < -0.4 is 5.32 Å². The largest absolute Gasteiger partial charge is 0.467 e. The molecule has 2 aromatic carbocycles. The molecule has 1 amide bonds. The molecule has 0 saturated heterocycles. The molecule has 0 heterocycles. The molecule has 0 bridgehead atoms. The summed E-state index contributed by atoms with van der Waals surface area (Å²) in [5.41, 5.74) is 1.69. The van der Waals surface area contributed by atoms with Crippen LogP contribution in [0.1, 0.15) is 37.6 Å². The number of carbonyl (C=O) groups excluding carboxylic acids is 3. The average Bonchev–Trinajstić information content (AvgIpc) is 2.66. The van der Waals surface area contributed by atoms with E-state index in [-0.39, 0.29) is 6.42 Å².